The smallest absolute Gasteiger partial charge is 0.262 e. The Bertz CT molecular complexity index is 919. The third-order valence-electron chi connectivity index (χ3n) is 3.43. The molecule has 0 aliphatic heterocycles. The number of aromatic amines is 1. The molecule has 3 aromatic rings. The van der Waals surface area contributed by atoms with E-state index < -0.39 is 0 Å². The van der Waals surface area contributed by atoms with Crippen LogP contribution in [-0.4, -0.2) is 37.5 Å². The Morgan fingerprint density at radius 3 is 2.83 bits per heavy atom. The maximum Gasteiger partial charge on any atom is 0.262 e. The zero-order valence-electron chi connectivity index (χ0n) is 13.3. The highest BCUT2D eigenvalue weighted by atomic mass is 32.2. The lowest BCUT2D eigenvalue weighted by Crippen LogP contribution is -2.30. The number of thioether (sulfide) groups is 1. The van der Waals surface area contributed by atoms with Gasteiger partial charge >= 0.3 is 0 Å². The van der Waals surface area contributed by atoms with Crippen LogP contribution in [0.3, 0.4) is 0 Å². The first-order valence-electron chi connectivity index (χ1n) is 7.58. The van der Waals surface area contributed by atoms with Gasteiger partial charge in [-0.2, -0.15) is 5.10 Å². The van der Waals surface area contributed by atoms with Gasteiger partial charge in [0.2, 0.25) is 5.91 Å². The Labute approximate surface area is 142 Å². The number of hydrogen-bond donors (Lipinski definition) is 2. The number of hydrogen-bond acceptors (Lipinski definition) is 5. The van der Waals surface area contributed by atoms with Crippen LogP contribution in [0.5, 0.6) is 0 Å². The summed E-state index contributed by atoms with van der Waals surface area (Å²) >= 11 is 1.21. The topological polar surface area (TPSA) is 92.7 Å². The standard InChI is InChI=1S/C16H17N5O2S/c1-3-17-14(22)10(2)24-16-19-13-12(15(23)20-16)9-18-21(13)11-7-5-4-6-8-11/h4-10H,3H2,1-2H3,(H,17,22)(H,19,20,23). The second-order valence-electron chi connectivity index (χ2n) is 5.15. The lowest BCUT2D eigenvalue weighted by atomic mass is 10.3. The van der Waals surface area contributed by atoms with Gasteiger partial charge < -0.3 is 10.3 Å². The normalized spacial score (nSPS) is 12.2. The molecule has 2 N–H and O–H groups in total. The molecule has 2 aromatic heterocycles. The Balaban J connectivity index is 2.00. The van der Waals surface area contributed by atoms with Crippen molar-refractivity contribution in [3.8, 4) is 5.69 Å². The molecule has 1 unspecified atom stereocenters. The SMILES string of the molecule is CCNC(=O)C(C)Sc1nc2c(cnn2-c2ccccc2)c(=O)[nH]1. The van der Waals surface area contributed by atoms with E-state index in [0.29, 0.717) is 22.7 Å². The molecule has 0 spiro atoms. The summed E-state index contributed by atoms with van der Waals surface area (Å²) in [5.41, 5.74) is 1.02. The predicted octanol–water partition coefficient (Wildman–Crippen LogP) is 1.73. The lowest BCUT2D eigenvalue weighted by molar-refractivity contribution is -0.120. The van der Waals surface area contributed by atoms with Gasteiger partial charge in [0.05, 0.1) is 17.1 Å². The zero-order valence-corrected chi connectivity index (χ0v) is 14.1. The van der Waals surface area contributed by atoms with Gasteiger partial charge in [-0.25, -0.2) is 9.67 Å². The van der Waals surface area contributed by atoms with E-state index in [1.165, 1.54) is 18.0 Å². The molecular formula is C16H17N5O2S. The number of carbonyl (C=O) groups excluding carboxylic acids is 1. The van der Waals surface area contributed by atoms with Gasteiger partial charge in [-0.05, 0) is 26.0 Å². The molecule has 0 aliphatic rings. The Morgan fingerprint density at radius 1 is 1.38 bits per heavy atom. The predicted molar refractivity (Wildman–Crippen MR) is 93.5 cm³/mol. The first-order chi connectivity index (χ1) is 11.6. The molecule has 0 bridgehead atoms. The summed E-state index contributed by atoms with van der Waals surface area (Å²) in [5, 5.41) is 7.45. The van der Waals surface area contributed by atoms with Crippen LogP contribution in [0.4, 0.5) is 0 Å². The van der Waals surface area contributed by atoms with Crippen LogP contribution in [-0.2, 0) is 4.79 Å². The van der Waals surface area contributed by atoms with Gasteiger partial charge in [0, 0.05) is 6.54 Å². The third-order valence-corrected chi connectivity index (χ3v) is 4.41. The van der Waals surface area contributed by atoms with Gasteiger partial charge in [0.25, 0.3) is 5.56 Å². The van der Waals surface area contributed by atoms with Gasteiger partial charge in [0.15, 0.2) is 10.8 Å². The molecule has 1 amide bonds. The van der Waals surface area contributed by atoms with E-state index in [1.54, 1.807) is 11.6 Å². The van der Waals surface area contributed by atoms with E-state index in [1.807, 2.05) is 37.3 Å². The Kier molecular flexibility index (Phi) is 4.66. The molecule has 0 saturated heterocycles. The molecule has 0 radical (unpaired) electrons. The van der Waals surface area contributed by atoms with Gasteiger partial charge in [-0.15, -0.1) is 0 Å². The van der Waals surface area contributed by atoms with Crippen LogP contribution >= 0.6 is 11.8 Å². The van der Waals surface area contributed by atoms with Crippen LogP contribution in [0, 0.1) is 0 Å². The second kappa shape index (κ2) is 6.88. The van der Waals surface area contributed by atoms with Gasteiger partial charge in [-0.1, -0.05) is 30.0 Å². The Hall–Kier alpha value is -2.61. The largest absolute Gasteiger partial charge is 0.355 e. The molecule has 3 rings (SSSR count). The lowest BCUT2D eigenvalue weighted by Gasteiger charge is -2.10. The number of para-hydroxylation sites is 1. The highest BCUT2D eigenvalue weighted by Crippen LogP contribution is 2.21. The fourth-order valence-corrected chi connectivity index (χ4v) is 3.07. The molecule has 1 aromatic carbocycles. The maximum atomic E-state index is 12.3. The van der Waals surface area contributed by atoms with Crippen molar-refractivity contribution >= 4 is 28.7 Å². The molecule has 8 heteroatoms. The monoisotopic (exact) mass is 343 g/mol. The number of benzene rings is 1. The second-order valence-corrected chi connectivity index (χ2v) is 6.48. The number of rotatable bonds is 5. The number of fused-ring (bicyclic) bond motifs is 1. The van der Waals surface area contributed by atoms with Crippen LogP contribution < -0.4 is 10.9 Å². The van der Waals surface area contributed by atoms with E-state index in [4.69, 9.17) is 0 Å². The minimum Gasteiger partial charge on any atom is -0.355 e. The van der Waals surface area contributed by atoms with Crippen LogP contribution in [0.25, 0.3) is 16.7 Å². The molecule has 1 atom stereocenters. The van der Waals surface area contributed by atoms with Crippen molar-refractivity contribution < 1.29 is 4.79 Å². The van der Waals surface area contributed by atoms with Crippen LogP contribution in [0.1, 0.15) is 13.8 Å². The zero-order chi connectivity index (χ0) is 17.1. The fourth-order valence-electron chi connectivity index (χ4n) is 2.25. The number of amides is 1. The molecule has 24 heavy (non-hydrogen) atoms. The summed E-state index contributed by atoms with van der Waals surface area (Å²) in [7, 11) is 0. The van der Waals surface area contributed by atoms with E-state index >= 15 is 0 Å². The molecule has 0 aliphatic carbocycles. The van der Waals surface area contributed by atoms with Crippen molar-refractivity contribution in [2.45, 2.75) is 24.3 Å². The number of nitrogens with one attached hydrogen (secondary N) is 2. The highest BCUT2D eigenvalue weighted by Gasteiger charge is 2.17. The quantitative estimate of drug-likeness (QED) is 0.544. The summed E-state index contributed by atoms with van der Waals surface area (Å²) < 4.78 is 1.62. The van der Waals surface area contributed by atoms with Crippen molar-refractivity contribution in [3.05, 3.63) is 46.9 Å². The van der Waals surface area contributed by atoms with Crippen LogP contribution in [0.2, 0.25) is 0 Å². The summed E-state index contributed by atoms with van der Waals surface area (Å²) in [5.74, 6) is -0.0955. The van der Waals surface area contributed by atoms with Crippen LogP contribution in [0.15, 0.2) is 46.5 Å². The molecule has 124 valence electrons. The third kappa shape index (κ3) is 3.18. The molecule has 0 saturated carbocycles. The van der Waals surface area contributed by atoms with Crippen molar-refractivity contribution in [2.24, 2.45) is 0 Å². The number of H-pyrrole nitrogens is 1. The first kappa shape index (κ1) is 16.3. The number of nitrogens with zero attached hydrogens (tertiary/aromatic N) is 3. The summed E-state index contributed by atoms with van der Waals surface area (Å²) in [6.07, 6.45) is 1.50. The summed E-state index contributed by atoms with van der Waals surface area (Å²) in [6, 6.07) is 9.47. The Morgan fingerprint density at radius 2 is 2.12 bits per heavy atom. The first-order valence-corrected chi connectivity index (χ1v) is 8.46. The maximum absolute atomic E-state index is 12.3. The van der Waals surface area contributed by atoms with Crippen molar-refractivity contribution in [1.82, 2.24) is 25.1 Å². The van der Waals surface area contributed by atoms with Gasteiger partial charge in [0.1, 0.15) is 5.39 Å². The minimum absolute atomic E-state index is 0.0955. The minimum atomic E-state index is -0.362. The van der Waals surface area contributed by atoms with Crippen molar-refractivity contribution in [3.63, 3.8) is 0 Å². The highest BCUT2D eigenvalue weighted by molar-refractivity contribution is 8.00. The van der Waals surface area contributed by atoms with Crippen molar-refractivity contribution in [2.75, 3.05) is 6.54 Å². The fraction of sp³-hybridized carbons (Fsp3) is 0.250. The molecule has 0 fully saturated rings. The van der Waals surface area contributed by atoms with E-state index in [0.717, 1.165) is 5.69 Å². The van der Waals surface area contributed by atoms with E-state index in [-0.39, 0.29) is 16.7 Å². The number of aromatic nitrogens is 4. The molecule has 7 nitrogen and oxygen atoms in total. The summed E-state index contributed by atoms with van der Waals surface area (Å²) in [6.45, 7) is 4.20. The average Bonchev–Trinajstić information content (AvgIpc) is 3.00. The van der Waals surface area contributed by atoms with Gasteiger partial charge in [-0.3, -0.25) is 9.59 Å². The number of carbonyl (C=O) groups is 1. The molecule has 2 heterocycles. The van der Waals surface area contributed by atoms with E-state index in [9.17, 15) is 9.59 Å². The molecular weight excluding hydrogens is 326 g/mol. The van der Waals surface area contributed by atoms with Crippen molar-refractivity contribution in [1.29, 1.82) is 0 Å². The summed E-state index contributed by atoms with van der Waals surface area (Å²) in [4.78, 5) is 31.3. The van der Waals surface area contributed by atoms with E-state index in [2.05, 4.69) is 20.4 Å². The average molecular weight is 343 g/mol.